The zero-order valence-corrected chi connectivity index (χ0v) is 9.63. The quantitative estimate of drug-likeness (QED) is 0.759. The normalized spacial score (nSPS) is 9.69. The van der Waals surface area contributed by atoms with Crippen LogP contribution in [-0.2, 0) is 6.54 Å². The highest BCUT2D eigenvalue weighted by atomic mass is 35.5. The number of hydrogen-bond donors (Lipinski definition) is 0. The molecule has 0 saturated heterocycles. The summed E-state index contributed by atoms with van der Waals surface area (Å²) in [6.45, 7) is 0.0277. The van der Waals surface area contributed by atoms with E-state index in [0.29, 0.717) is 5.56 Å². The van der Waals surface area contributed by atoms with Crippen LogP contribution in [0, 0.1) is 10.7 Å². The molecule has 1 rings (SSSR count). The molecule has 0 atom stereocenters. The van der Waals surface area contributed by atoms with E-state index in [1.807, 2.05) is 0 Å². The number of benzene rings is 1. The van der Waals surface area contributed by atoms with Crippen molar-refractivity contribution in [1.82, 2.24) is 0 Å². The van der Waals surface area contributed by atoms with Crippen molar-refractivity contribution in [2.45, 2.75) is 6.54 Å². The molecule has 0 N–H and O–H groups in total. The van der Waals surface area contributed by atoms with Crippen molar-refractivity contribution < 1.29 is 9.13 Å². The van der Waals surface area contributed by atoms with Gasteiger partial charge in [-0.1, -0.05) is 34.4 Å². The molecule has 1 aromatic rings. The number of ether oxygens (including phenoxy) is 1. The first-order valence-corrected chi connectivity index (χ1v) is 5.10. The Hall–Kier alpha value is -1.13. The van der Waals surface area contributed by atoms with Crippen LogP contribution in [0.1, 0.15) is 5.56 Å². The van der Waals surface area contributed by atoms with E-state index < -0.39 is 5.82 Å². The minimum atomic E-state index is -0.520. The first-order chi connectivity index (χ1) is 7.63. The summed E-state index contributed by atoms with van der Waals surface area (Å²) in [5.74, 6) is -0.485. The Kier molecular flexibility index (Phi) is 5.22. The lowest BCUT2D eigenvalue weighted by Crippen LogP contribution is -1.97. The van der Waals surface area contributed by atoms with Crippen LogP contribution in [0.5, 0.6) is 5.75 Å². The average molecular weight is 264 g/mol. The molecule has 0 heterocycles. The SMILES string of the molecule is O=NCc1ccc(F)c(OCC=C(Cl)Cl)c1. The van der Waals surface area contributed by atoms with Gasteiger partial charge >= 0.3 is 0 Å². The van der Waals surface area contributed by atoms with Crippen LogP contribution in [0.3, 0.4) is 0 Å². The maximum absolute atomic E-state index is 13.2. The van der Waals surface area contributed by atoms with E-state index in [1.54, 1.807) is 0 Å². The van der Waals surface area contributed by atoms with Gasteiger partial charge in [-0.25, -0.2) is 4.39 Å². The largest absolute Gasteiger partial charge is 0.486 e. The fourth-order valence-corrected chi connectivity index (χ4v) is 1.15. The predicted octanol–water partition coefficient (Wildman–Crippen LogP) is 3.79. The van der Waals surface area contributed by atoms with Crippen LogP contribution in [0.4, 0.5) is 4.39 Å². The van der Waals surface area contributed by atoms with Gasteiger partial charge < -0.3 is 4.74 Å². The molecule has 1 aromatic carbocycles. The second-order valence-corrected chi connectivity index (χ2v) is 3.86. The third-order valence-corrected chi connectivity index (χ3v) is 2.03. The highest BCUT2D eigenvalue weighted by Crippen LogP contribution is 2.19. The van der Waals surface area contributed by atoms with Crippen molar-refractivity contribution in [3.63, 3.8) is 0 Å². The van der Waals surface area contributed by atoms with Gasteiger partial charge in [0, 0.05) is 0 Å². The third-order valence-electron chi connectivity index (χ3n) is 1.72. The first-order valence-electron chi connectivity index (χ1n) is 4.35. The second-order valence-electron chi connectivity index (χ2n) is 2.86. The summed E-state index contributed by atoms with van der Waals surface area (Å²) in [7, 11) is 0. The molecule has 0 aliphatic carbocycles. The summed E-state index contributed by atoms with van der Waals surface area (Å²) in [5.41, 5.74) is 0.576. The summed E-state index contributed by atoms with van der Waals surface area (Å²) < 4.78 is 18.3. The lowest BCUT2D eigenvalue weighted by atomic mass is 10.2. The smallest absolute Gasteiger partial charge is 0.165 e. The summed E-state index contributed by atoms with van der Waals surface area (Å²) >= 11 is 10.7. The Labute approximate surface area is 102 Å². The molecule has 0 amide bonds. The molecule has 0 saturated carbocycles. The number of nitroso groups, excluding NO2 is 1. The van der Waals surface area contributed by atoms with E-state index >= 15 is 0 Å². The van der Waals surface area contributed by atoms with Crippen molar-refractivity contribution >= 4 is 23.2 Å². The highest BCUT2D eigenvalue weighted by molar-refractivity contribution is 6.55. The van der Waals surface area contributed by atoms with Gasteiger partial charge in [0.2, 0.25) is 0 Å². The van der Waals surface area contributed by atoms with Gasteiger partial charge in [-0.05, 0) is 23.8 Å². The van der Waals surface area contributed by atoms with E-state index in [4.69, 9.17) is 27.9 Å². The van der Waals surface area contributed by atoms with Gasteiger partial charge in [-0.15, -0.1) is 0 Å². The zero-order valence-electron chi connectivity index (χ0n) is 8.12. The molecule has 0 radical (unpaired) electrons. The van der Waals surface area contributed by atoms with Crippen LogP contribution in [0.2, 0.25) is 0 Å². The van der Waals surface area contributed by atoms with E-state index in [0.717, 1.165) is 0 Å². The third kappa shape index (κ3) is 4.16. The van der Waals surface area contributed by atoms with Gasteiger partial charge in [-0.2, -0.15) is 4.91 Å². The van der Waals surface area contributed by atoms with Gasteiger partial charge in [0.25, 0.3) is 0 Å². The minimum absolute atomic E-state index is 0.0251. The van der Waals surface area contributed by atoms with Gasteiger partial charge in [0.1, 0.15) is 17.6 Å². The predicted molar refractivity (Wildman–Crippen MR) is 61.2 cm³/mol. The Morgan fingerprint density at radius 1 is 1.50 bits per heavy atom. The van der Waals surface area contributed by atoms with Crippen molar-refractivity contribution in [2.24, 2.45) is 5.18 Å². The summed E-state index contributed by atoms with van der Waals surface area (Å²) in [6, 6.07) is 4.09. The van der Waals surface area contributed by atoms with Gasteiger partial charge in [0.05, 0.1) is 0 Å². The van der Waals surface area contributed by atoms with Crippen LogP contribution in [0.15, 0.2) is 33.9 Å². The molecule has 0 spiro atoms. The van der Waals surface area contributed by atoms with E-state index in [1.165, 1.54) is 24.3 Å². The molecule has 0 aromatic heterocycles. The molecule has 6 heteroatoms. The molecule has 0 aliphatic heterocycles. The number of halogens is 3. The zero-order chi connectivity index (χ0) is 12.0. The van der Waals surface area contributed by atoms with E-state index in [9.17, 15) is 9.30 Å². The van der Waals surface area contributed by atoms with Crippen LogP contribution in [-0.4, -0.2) is 6.61 Å². The Morgan fingerprint density at radius 2 is 2.25 bits per heavy atom. The fraction of sp³-hybridized carbons (Fsp3) is 0.200. The topological polar surface area (TPSA) is 38.7 Å². The van der Waals surface area contributed by atoms with Crippen molar-refractivity contribution in [3.8, 4) is 5.75 Å². The van der Waals surface area contributed by atoms with E-state index in [2.05, 4.69) is 5.18 Å². The van der Waals surface area contributed by atoms with Crippen molar-refractivity contribution in [2.75, 3.05) is 6.61 Å². The highest BCUT2D eigenvalue weighted by Gasteiger charge is 2.04. The first kappa shape index (κ1) is 12.9. The molecule has 0 fully saturated rings. The molecule has 86 valence electrons. The summed E-state index contributed by atoms with van der Waals surface area (Å²) in [6.07, 6.45) is 1.38. The molecule has 3 nitrogen and oxygen atoms in total. The Morgan fingerprint density at radius 3 is 2.88 bits per heavy atom. The average Bonchev–Trinajstić information content (AvgIpc) is 2.22. The minimum Gasteiger partial charge on any atom is -0.486 e. The molecular formula is C10H8Cl2FNO2. The monoisotopic (exact) mass is 263 g/mol. The number of nitrogens with zero attached hydrogens (tertiary/aromatic N) is 1. The lowest BCUT2D eigenvalue weighted by Gasteiger charge is -2.05. The number of hydrogen-bond acceptors (Lipinski definition) is 3. The summed E-state index contributed by atoms with van der Waals surface area (Å²) in [4.78, 5) is 10.0. The molecule has 0 aliphatic rings. The second kappa shape index (κ2) is 6.45. The van der Waals surface area contributed by atoms with Gasteiger partial charge in [0.15, 0.2) is 11.6 Å². The molecule has 16 heavy (non-hydrogen) atoms. The van der Waals surface area contributed by atoms with Crippen LogP contribution >= 0.6 is 23.2 Å². The fourth-order valence-electron chi connectivity index (χ4n) is 1.03. The molecule has 0 bridgehead atoms. The van der Waals surface area contributed by atoms with Crippen LogP contribution < -0.4 is 4.74 Å². The summed E-state index contributed by atoms with van der Waals surface area (Å²) in [5, 5.41) is 2.70. The lowest BCUT2D eigenvalue weighted by molar-refractivity contribution is 0.341. The Bertz CT molecular complexity index is 406. The maximum atomic E-state index is 13.2. The maximum Gasteiger partial charge on any atom is 0.165 e. The van der Waals surface area contributed by atoms with Gasteiger partial charge in [-0.3, -0.25) is 0 Å². The molecular weight excluding hydrogens is 256 g/mol. The van der Waals surface area contributed by atoms with Crippen molar-refractivity contribution in [1.29, 1.82) is 0 Å². The van der Waals surface area contributed by atoms with Crippen molar-refractivity contribution in [3.05, 3.63) is 45.1 Å². The number of rotatable bonds is 5. The Balaban J connectivity index is 2.73. The standard InChI is InChI=1S/C10H8Cl2FNO2/c11-10(12)3-4-16-9-5-7(6-14-15)1-2-8(9)13/h1-3,5H,4,6H2. The molecule has 0 unspecified atom stereocenters. The van der Waals surface area contributed by atoms with Crippen LogP contribution in [0.25, 0.3) is 0 Å². The van der Waals surface area contributed by atoms with E-state index in [-0.39, 0.29) is 23.4 Å².